The number of nitrogens with two attached hydrogens (primary N) is 1. The minimum absolute atomic E-state index is 0.0181. The number of aromatic nitrogens is 1. The Bertz CT molecular complexity index is 1030. The zero-order valence-electron chi connectivity index (χ0n) is 15.1. The van der Waals surface area contributed by atoms with Crippen LogP contribution in [-0.4, -0.2) is 46.3 Å². The molecular weight excluding hydrogens is 382 g/mol. The second-order valence-electron chi connectivity index (χ2n) is 6.75. The lowest BCUT2D eigenvalue weighted by molar-refractivity contribution is 0.0257. The number of halogens is 2. The van der Waals surface area contributed by atoms with Crippen molar-refractivity contribution in [2.45, 2.75) is 18.6 Å². The van der Waals surface area contributed by atoms with Crippen molar-refractivity contribution in [3.05, 3.63) is 53.2 Å². The van der Waals surface area contributed by atoms with Crippen molar-refractivity contribution in [1.29, 1.82) is 5.26 Å². The Labute approximate surface area is 164 Å². The van der Waals surface area contributed by atoms with Gasteiger partial charge in [0.1, 0.15) is 17.7 Å². The van der Waals surface area contributed by atoms with Gasteiger partial charge in [0, 0.05) is 18.7 Å². The number of rotatable bonds is 3. The molecule has 1 saturated heterocycles. The molecule has 4 rings (SSSR count). The average Bonchev–Trinajstić information content (AvgIpc) is 3.15. The normalized spacial score (nSPS) is 18.4. The van der Waals surface area contributed by atoms with E-state index in [4.69, 9.17) is 15.7 Å². The van der Waals surface area contributed by atoms with Gasteiger partial charge < -0.3 is 15.4 Å². The number of benzene rings is 1. The van der Waals surface area contributed by atoms with Gasteiger partial charge in [0.05, 0.1) is 37.0 Å². The number of carbonyl (C=O) groups is 1. The Kier molecular flexibility index (Phi) is 4.72. The lowest BCUT2D eigenvalue weighted by atomic mass is 10.0. The Morgan fingerprint density at radius 2 is 2.07 bits per heavy atom. The van der Waals surface area contributed by atoms with Gasteiger partial charge in [-0.05, 0) is 23.8 Å². The Balaban J connectivity index is 1.41. The molecule has 0 radical (unpaired) electrons. The summed E-state index contributed by atoms with van der Waals surface area (Å²) in [5.41, 5.74) is 6.20. The zero-order chi connectivity index (χ0) is 20.5. The summed E-state index contributed by atoms with van der Waals surface area (Å²) >= 11 is 0. The van der Waals surface area contributed by atoms with Crippen LogP contribution >= 0.6 is 0 Å². The predicted molar refractivity (Wildman–Crippen MR) is 98.8 cm³/mol. The first-order chi connectivity index (χ1) is 13.9. The van der Waals surface area contributed by atoms with Crippen LogP contribution in [0.15, 0.2) is 35.6 Å². The highest BCUT2D eigenvalue weighted by atomic mass is 19.1. The molecular formula is C19H16F2N6O2. The fraction of sp³-hybridized carbons (Fsp3) is 0.263. The average molecular weight is 398 g/mol. The van der Waals surface area contributed by atoms with E-state index >= 15 is 0 Å². The van der Waals surface area contributed by atoms with E-state index in [1.54, 1.807) is 12.3 Å². The van der Waals surface area contributed by atoms with E-state index in [1.807, 2.05) is 6.07 Å². The molecule has 1 atom stereocenters. The lowest BCUT2D eigenvalue weighted by Crippen LogP contribution is -2.58. The Morgan fingerprint density at radius 1 is 1.28 bits per heavy atom. The summed E-state index contributed by atoms with van der Waals surface area (Å²) < 4.78 is 33.0. The number of nitriles is 1. The summed E-state index contributed by atoms with van der Waals surface area (Å²) in [5, 5.41) is 14.4. The van der Waals surface area contributed by atoms with Crippen LogP contribution in [0.2, 0.25) is 0 Å². The van der Waals surface area contributed by atoms with Gasteiger partial charge in [-0.15, -0.1) is 0 Å². The number of hydrogen-bond acceptors (Lipinski definition) is 6. The van der Waals surface area contributed by atoms with Crippen molar-refractivity contribution in [2.75, 3.05) is 18.8 Å². The number of pyridine rings is 1. The third-order valence-corrected chi connectivity index (χ3v) is 4.71. The van der Waals surface area contributed by atoms with E-state index in [-0.39, 0.29) is 42.4 Å². The second kappa shape index (κ2) is 7.35. The minimum Gasteiger partial charge on any atom is -0.483 e. The molecule has 1 aromatic carbocycles. The van der Waals surface area contributed by atoms with Crippen molar-refractivity contribution < 1.29 is 18.3 Å². The maximum atomic E-state index is 13.8. The highest BCUT2D eigenvalue weighted by molar-refractivity contribution is 5.79. The number of urea groups is 1. The SMILES string of the molecule is N#Cc1cc(F)cc([C@@H]2CC=NN2C(=O)N2CC(Oc3cc(N)ncc3F)C2)c1. The van der Waals surface area contributed by atoms with Gasteiger partial charge in [-0.2, -0.15) is 10.4 Å². The van der Waals surface area contributed by atoms with E-state index in [9.17, 15) is 13.6 Å². The number of ether oxygens (including phenoxy) is 1. The molecule has 0 spiro atoms. The number of nitrogen functional groups attached to an aromatic ring is 1. The Hall–Kier alpha value is -3.74. The van der Waals surface area contributed by atoms with Crippen LogP contribution < -0.4 is 10.5 Å². The van der Waals surface area contributed by atoms with Gasteiger partial charge in [-0.1, -0.05) is 0 Å². The molecule has 1 fully saturated rings. The predicted octanol–water partition coefficient (Wildman–Crippen LogP) is 2.43. The van der Waals surface area contributed by atoms with Gasteiger partial charge in [-0.3, -0.25) is 0 Å². The molecule has 148 valence electrons. The van der Waals surface area contributed by atoms with Gasteiger partial charge in [0.2, 0.25) is 0 Å². The van der Waals surface area contributed by atoms with E-state index < -0.39 is 17.7 Å². The largest absolute Gasteiger partial charge is 0.483 e. The van der Waals surface area contributed by atoms with Crippen molar-refractivity contribution in [3.63, 3.8) is 0 Å². The molecule has 2 aliphatic rings. The van der Waals surface area contributed by atoms with Crippen LogP contribution in [0.4, 0.5) is 19.4 Å². The molecule has 0 saturated carbocycles. The molecule has 1 aromatic heterocycles. The van der Waals surface area contributed by atoms with Crippen LogP contribution in [-0.2, 0) is 0 Å². The molecule has 0 aliphatic carbocycles. The third kappa shape index (κ3) is 3.67. The molecule has 2 N–H and O–H groups in total. The van der Waals surface area contributed by atoms with Crippen molar-refractivity contribution in [1.82, 2.24) is 14.9 Å². The molecule has 29 heavy (non-hydrogen) atoms. The monoisotopic (exact) mass is 398 g/mol. The topological polar surface area (TPSA) is 108 Å². The molecule has 0 bridgehead atoms. The first-order valence-corrected chi connectivity index (χ1v) is 8.83. The molecule has 8 nitrogen and oxygen atoms in total. The summed E-state index contributed by atoms with van der Waals surface area (Å²) in [6.07, 6.45) is 2.57. The Morgan fingerprint density at radius 3 is 2.83 bits per heavy atom. The molecule has 2 aromatic rings. The number of nitrogens with zero attached hydrogens (tertiary/aromatic N) is 5. The van der Waals surface area contributed by atoms with Crippen LogP contribution in [0.5, 0.6) is 5.75 Å². The quantitative estimate of drug-likeness (QED) is 0.854. The van der Waals surface area contributed by atoms with Crippen LogP contribution in [0.1, 0.15) is 23.6 Å². The summed E-state index contributed by atoms with van der Waals surface area (Å²) in [7, 11) is 0. The molecule has 2 aliphatic heterocycles. The van der Waals surface area contributed by atoms with Gasteiger partial charge in [0.15, 0.2) is 11.6 Å². The number of likely N-dealkylation sites (tertiary alicyclic amines) is 1. The second-order valence-corrected chi connectivity index (χ2v) is 6.75. The van der Waals surface area contributed by atoms with E-state index in [0.29, 0.717) is 12.0 Å². The van der Waals surface area contributed by atoms with Crippen molar-refractivity contribution in [2.24, 2.45) is 5.10 Å². The molecule has 0 unspecified atom stereocenters. The van der Waals surface area contributed by atoms with E-state index in [1.165, 1.54) is 22.0 Å². The number of hydrogen-bond donors (Lipinski definition) is 1. The first kappa shape index (κ1) is 18.6. The van der Waals surface area contributed by atoms with Crippen LogP contribution in [0.25, 0.3) is 0 Å². The number of anilines is 1. The molecule has 3 heterocycles. The summed E-state index contributed by atoms with van der Waals surface area (Å²) in [6.45, 7) is 0.484. The van der Waals surface area contributed by atoms with E-state index in [2.05, 4.69) is 10.1 Å². The number of hydrazone groups is 1. The molecule has 10 heteroatoms. The van der Waals surface area contributed by atoms with Gasteiger partial charge >= 0.3 is 6.03 Å². The smallest absolute Gasteiger partial charge is 0.341 e. The van der Waals surface area contributed by atoms with Crippen LogP contribution in [0.3, 0.4) is 0 Å². The lowest BCUT2D eigenvalue weighted by Gasteiger charge is -2.41. The summed E-state index contributed by atoms with van der Waals surface area (Å²) in [6, 6.07) is 6.29. The highest BCUT2D eigenvalue weighted by Gasteiger charge is 2.39. The fourth-order valence-electron chi connectivity index (χ4n) is 3.26. The number of amides is 2. The first-order valence-electron chi connectivity index (χ1n) is 8.83. The fourth-order valence-corrected chi connectivity index (χ4v) is 3.26. The standard InChI is InChI=1S/C19H16F2N6O2/c20-13-4-11(7-22)3-12(5-13)16-1-2-25-27(16)19(28)26-9-14(10-26)29-17-6-18(23)24-8-15(17)21/h2-6,8,14,16H,1,9-10H2,(H2,23,24)/t16-/m0/s1. The third-order valence-electron chi connectivity index (χ3n) is 4.71. The highest BCUT2D eigenvalue weighted by Crippen LogP contribution is 2.32. The summed E-state index contributed by atoms with van der Waals surface area (Å²) in [5.74, 6) is -1.06. The summed E-state index contributed by atoms with van der Waals surface area (Å²) in [4.78, 5) is 17.9. The van der Waals surface area contributed by atoms with Crippen molar-refractivity contribution >= 4 is 18.1 Å². The van der Waals surface area contributed by atoms with Gasteiger partial charge in [-0.25, -0.2) is 23.6 Å². The number of carbonyl (C=O) groups excluding carboxylic acids is 1. The van der Waals surface area contributed by atoms with E-state index in [0.717, 1.165) is 12.3 Å². The van der Waals surface area contributed by atoms with Crippen molar-refractivity contribution in [3.8, 4) is 11.8 Å². The zero-order valence-corrected chi connectivity index (χ0v) is 15.1. The minimum atomic E-state index is -0.632. The maximum absolute atomic E-state index is 13.8. The maximum Gasteiger partial charge on any atom is 0.341 e. The molecule has 2 amide bonds. The van der Waals surface area contributed by atoms with Crippen LogP contribution in [0, 0.1) is 23.0 Å². The van der Waals surface area contributed by atoms with Gasteiger partial charge in [0.25, 0.3) is 0 Å².